The second-order valence-corrected chi connectivity index (χ2v) is 17.6. The third-order valence-corrected chi connectivity index (χ3v) is 14.5. The molecule has 2 heteroatoms. The second kappa shape index (κ2) is 13.4. The minimum absolute atomic E-state index is 0.0809. The van der Waals surface area contributed by atoms with E-state index in [0.717, 1.165) is 12.8 Å². The molecule has 6 aromatic carbocycles. The van der Waals surface area contributed by atoms with Crippen LogP contribution in [-0.4, -0.2) is 6.04 Å². The van der Waals surface area contributed by atoms with Crippen LogP contribution in [0.3, 0.4) is 0 Å². The van der Waals surface area contributed by atoms with Crippen molar-refractivity contribution in [3.63, 3.8) is 0 Å². The van der Waals surface area contributed by atoms with Gasteiger partial charge in [0.25, 0.3) is 0 Å². The highest BCUT2D eigenvalue weighted by Crippen LogP contribution is 2.66. The van der Waals surface area contributed by atoms with Crippen LogP contribution < -0.4 is 10.6 Å². The molecule has 0 aromatic heterocycles. The average molecular weight is 781 g/mol. The van der Waals surface area contributed by atoms with Gasteiger partial charge in [0, 0.05) is 11.4 Å². The summed E-state index contributed by atoms with van der Waals surface area (Å²) in [5, 5.41) is 10.5. The zero-order valence-corrected chi connectivity index (χ0v) is 33.9. The lowest BCUT2D eigenvalue weighted by Crippen LogP contribution is -2.43. The zero-order valence-electron chi connectivity index (χ0n) is 33.9. The molecule has 5 aliphatic carbocycles. The number of hydrogen-bond acceptors (Lipinski definition) is 2. The molecule has 2 aliphatic heterocycles. The largest absolute Gasteiger partial charge is 0.376 e. The number of hydrogen-bond donors (Lipinski definition) is 2. The Balaban J connectivity index is 0.880. The topological polar surface area (TPSA) is 24.1 Å². The van der Waals surface area contributed by atoms with Gasteiger partial charge in [0.05, 0.1) is 17.5 Å². The number of nitrogens with one attached hydrogen (secondary N) is 2. The van der Waals surface area contributed by atoms with E-state index in [2.05, 4.69) is 217 Å². The predicted molar refractivity (Wildman–Crippen MR) is 251 cm³/mol. The molecule has 2 nitrogen and oxygen atoms in total. The fraction of sp³-hybridized carbons (Fsp3) is 0.119. The van der Waals surface area contributed by atoms with Crippen molar-refractivity contribution < 1.29 is 0 Å². The molecule has 0 amide bonds. The van der Waals surface area contributed by atoms with E-state index in [1.54, 1.807) is 5.57 Å². The third kappa shape index (κ3) is 5.09. The van der Waals surface area contributed by atoms with Gasteiger partial charge < -0.3 is 10.6 Å². The number of benzene rings is 6. The lowest BCUT2D eigenvalue weighted by Gasteiger charge is -2.38. The van der Waals surface area contributed by atoms with Gasteiger partial charge in [-0.1, -0.05) is 194 Å². The van der Waals surface area contributed by atoms with Gasteiger partial charge in [-0.05, 0) is 126 Å². The Hall–Kier alpha value is -7.16. The summed E-state index contributed by atoms with van der Waals surface area (Å²) >= 11 is 0. The molecule has 2 N–H and O–H groups in total. The Kier molecular flexibility index (Phi) is 7.63. The fourth-order valence-corrected chi connectivity index (χ4v) is 11.8. The first kappa shape index (κ1) is 34.7. The Labute approximate surface area is 357 Å². The molecule has 1 spiro atoms. The molecule has 6 aromatic rings. The van der Waals surface area contributed by atoms with Gasteiger partial charge in [-0.25, -0.2) is 0 Å². The molecule has 2 heterocycles. The molecule has 0 saturated carbocycles. The predicted octanol–water partition coefficient (Wildman–Crippen LogP) is 13.2. The molecule has 290 valence electrons. The maximum absolute atomic E-state index is 4.03. The Bertz CT molecular complexity index is 3100. The first-order chi connectivity index (χ1) is 30.2. The molecule has 0 bridgehead atoms. The fourth-order valence-electron chi connectivity index (χ4n) is 11.8. The van der Waals surface area contributed by atoms with Crippen molar-refractivity contribution in [1.82, 2.24) is 10.6 Å². The summed E-state index contributed by atoms with van der Waals surface area (Å²) < 4.78 is 0. The van der Waals surface area contributed by atoms with Gasteiger partial charge in [-0.2, -0.15) is 0 Å². The van der Waals surface area contributed by atoms with Crippen molar-refractivity contribution >= 4 is 16.3 Å². The molecular formula is C59H44N2. The van der Waals surface area contributed by atoms with Crippen LogP contribution in [0.4, 0.5) is 0 Å². The maximum atomic E-state index is 4.03. The number of fused-ring (bicyclic) bond motifs is 12. The van der Waals surface area contributed by atoms with E-state index >= 15 is 0 Å². The van der Waals surface area contributed by atoms with Crippen molar-refractivity contribution in [2.24, 2.45) is 11.8 Å². The SMILES string of the molecule is C1=CC(C2C=CC3=C(C2)C2(c4ccccc4-c4ccccc42)c2cc4ccccc4c(-c4ccccc4)c23)CC(C2=CC=C3C=CC4=C(NC(c5ccccc5)C=C4)C3N2)=C1. The summed E-state index contributed by atoms with van der Waals surface area (Å²) in [5.74, 6) is 0.705. The number of dihydropyridines is 2. The van der Waals surface area contributed by atoms with Crippen molar-refractivity contribution in [3.05, 3.63) is 268 Å². The lowest BCUT2D eigenvalue weighted by atomic mass is 9.65. The third-order valence-electron chi connectivity index (χ3n) is 14.5. The van der Waals surface area contributed by atoms with Gasteiger partial charge in [-0.15, -0.1) is 0 Å². The van der Waals surface area contributed by atoms with E-state index in [1.807, 2.05) is 0 Å². The lowest BCUT2D eigenvalue weighted by molar-refractivity contribution is 0.446. The van der Waals surface area contributed by atoms with Gasteiger partial charge in [0.15, 0.2) is 0 Å². The summed E-state index contributed by atoms with van der Waals surface area (Å²) in [5.41, 5.74) is 21.2. The quantitative estimate of drug-likeness (QED) is 0.186. The highest BCUT2D eigenvalue weighted by atomic mass is 15.0. The first-order valence-electron chi connectivity index (χ1n) is 22.0. The molecule has 13 rings (SSSR count). The van der Waals surface area contributed by atoms with Crippen molar-refractivity contribution in [1.29, 1.82) is 0 Å². The summed E-state index contributed by atoms with van der Waals surface area (Å²) in [7, 11) is 0. The maximum Gasteiger partial charge on any atom is 0.0920 e. The monoisotopic (exact) mass is 780 g/mol. The van der Waals surface area contributed by atoms with E-state index in [9.17, 15) is 0 Å². The summed E-state index contributed by atoms with van der Waals surface area (Å²) in [6.45, 7) is 0. The highest BCUT2D eigenvalue weighted by Gasteiger charge is 2.54. The average Bonchev–Trinajstić information content (AvgIpc) is 3.80. The molecule has 4 unspecified atom stereocenters. The van der Waals surface area contributed by atoms with Crippen molar-refractivity contribution in [3.8, 4) is 22.3 Å². The van der Waals surface area contributed by atoms with E-state index in [4.69, 9.17) is 0 Å². The van der Waals surface area contributed by atoms with E-state index in [-0.39, 0.29) is 17.5 Å². The number of rotatable bonds is 4. The molecule has 7 aliphatic rings. The standard InChI is InChI=1S/C59H44N2/c1-3-14-37(15-4-1)53-32-29-39-26-27-40-30-33-54(61-58(40)57(39)60-53)44-20-13-19-41(34-44)42-28-31-48-51(35-42)59(49-24-11-9-22-46(49)47-23-10-12-25-50(47)59)52-36-43-18-7-8-21-45(43)55(56(48)52)38-16-5-2-6-17-38/h1-33,36,41-42,53,58,60-61H,34-35H2. The molecule has 0 radical (unpaired) electrons. The molecule has 61 heavy (non-hydrogen) atoms. The van der Waals surface area contributed by atoms with Gasteiger partial charge in [-0.3, -0.25) is 0 Å². The van der Waals surface area contributed by atoms with E-state index < -0.39 is 0 Å². The van der Waals surface area contributed by atoms with Crippen LogP contribution in [0.5, 0.6) is 0 Å². The second-order valence-electron chi connectivity index (χ2n) is 17.6. The van der Waals surface area contributed by atoms with E-state index in [1.165, 1.54) is 94.5 Å². The van der Waals surface area contributed by atoms with Crippen LogP contribution in [0, 0.1) is 11.8 Å². The Morgan fingerprint density at radius 2 is 1.26 bits per heavy atom. The molecule has 0 saturated heterocycles. The van der Waals surface area contributed by atoms with Crippen LogP contribution in [0.15, 0.2) is 240 Å². The molecule has 4 atom stereocenters. The minimum Gasteiger partial charge on any atom is -0.376 e. The normalized spacial score (nSPS) is 23.2. The summed E-state index contributed by atoms with van der Waals surface area (Å²) in [6.07, 6.45) is 27.9. The van der Waals surface area contributed by atoms with Crippen LogP contribution in [-0.2, 0) is 5.41 Å². The van der Waals surface area contributed by atoms with Gasteiger partial charge in [0.1, 0.15) is 0 Å². The van der Waals surface area contributed by atoms with Gasteiger partial charge >= 0.3 is 0 Å². The van der Waals surface area contributed by atoms with Crippen LogP contribution in [0.25, 0.3) is 38.6 Å². The van der Waals surface area contributed by atoms with Crippen LogP contribution in [0.2, 0.25) is 0 Å². The van der Waals surface area contributed by atoms with Crippen LogP contribution in [0.1, 0.15) is 46.7 Å². The summed E-state index contributed by atoms with van der Waals surface area (Å²) in [6, 6.07) is 52.2. The zero-order chi connectivity index (χ0) is 40.1. The first-order valence-corrected chi connectivity index (χ1v) is 22.0. The van der Waals surface area contributed by atoms with Crippen LogP contribution >= 0.6 is 0 Å². The van der Waals surface area contributed by atoms with E-state index in [0.29, 0.717) is 11.8 Å². The minimum atomic E-state index is -0.376. The Morgan fingerprint density at radius 1 is 0.541 bits per heavy atom. The van der Waals surface area contributed by atoms with Crippen molar-refractivity contribution in [2.45, 2.75) is 30.3 Å². The Morgan fingerprint density at radius 3 is 2.08 bits per heavy atom. The van der Waals surface area contributed by atoms with Crippen molar-refractivity contribution in [2.75, 3.05) is 0 Å². The smallest absolute Gasteiger partial charge is 0.0920 e. The van der Waals surface area contributed by atoms with Gasteiger partial charge in [0.2, 0.25) is 0 Å². The highest BCUT2D eigenvalue weighted by molar-refractivity contribution is 6.09. The number of allylic oxidation sites excluding steroid dienone is 13. The molecular weight excluding hydrogens is 737 g/mol. The summed E-state index contributed by atoms with van der Waals surface area (Å²) in [4.78, 5) is 0. The molecule has 0 fully saturated rings.